The van der Waals surface area contributed by atoms with E-state index in [-0.39, 0.29) is 23.5 Å². The van der Waals surface area contributed by atoms with E-state index in [1.165, 1.54) is 12.0 Å². The summed E-state index contributed by atoms with van der Waals surface area (Å²) < 4.78 is 6.25. The van der Waals surface area contributed by atoms with E-state index in [1.807, 2.05) is 12.1 Å². The third kappa shape index (κ3) is 1.37. The van der Waals surface area contributed by atoms with Crippen molar-refractivity contribution in [2.24, 2.45) is 11.8 Å². The van der Waals surface area contributed by atoms with Crippen molar-refractivity contribution in [3.63, 3.8) is 0 Å². The number of carbonyl (C=O) groups is 1. The molecule has 0 radical (unpaired) electrons. The molecule has 5 nitrogen and oxygen atoms in total. The van der Waals surface area contributed by atoms with E-state index in [4.69, 9.17) is 10.5 Å². The zero-order valence-corrected chi connectivity index (χ0v) is 14.7. The van der Waals surface area contributed by atoms with Crippen LogP contribution in [0.15, 0.2) is 29.8 Å². The molecule has 7 rings (SSSR count). The number of nitrogen functional groups attached to an aromatic ring is 1. The highest BCUT2D eigenvalue weighted by molar-refractivity contribution is 5.99. The number of hydrogen-bond acceptors (Lipinski definition) is 4. The lowest BCUT2D eigenvalue weighted by Crippen LogP contribution is -2.69. The fraction of sp³-hybridized carbons (Fsp3) is 0.571. The summed E-state index contributed by atoms with van der Waals surface area (Å²) in [6.07, 6.45) is 5.26. The maximum absolute atomic E-state index is 13.2. The molecule has 5 aliphatic heterocycles. The fourth-order valence-electron chi connectivity index (χ4n) is 7.57. The maximum atomic E-state index is 13.2. The van der Waals surface area contributed by atoms with E-state index in [9.17, 15) is 4.79 Å². The van der Waals surface area contributed by atoms with Crippen LogP contribution < -0.4 is 10.6 Å². The second-order valence-corrected chi connectivity index (χ2v) is 9.04. The van der Waals surface area contributed by atoms with Crippen LogP contribution in [-0.4, -0.2) is 48.7 Å². The van der Waals surface area contributed by atoms with Crippen LogP contribution in [-0.2, 0) is 14.9 Å². The van der Waals surface area contributed by atoms with Gasteiger partial charge in [0.25, 0.3) is 0 Å². The largest absolute Gasteiger partial charge is 0.399 e. The van der Waals surface area contributed by atoms with Crippen molar-refractivity contribution in [1.82, 2.24) is 4.90 Å². The molecule has 2 N–H and O–H groups in total. The molecule has 1 amide bonds. The van der Waals surface area contributed by atoms with Crippen LogP contribution in [0.2, 0.25) is 0 Å². The van der Waals surface area contributed by atoms with Crippen molar-refractivity contribution < 1.29 is 9.53 Å². The van der Waals surface area contributed by atoms with Crippen molar-refractivity contribution >= 4 is 17.3 Å². The molecule has 1 saturated carbocycles. The molecule has 6 aliphatic rings. The Bertz CT molecular complexity index is 895. The van der Waals surface area contributed by atoms with Gasteiger partial charge in [0.1, 0.15) is 0 Å². The first-order chi connectivity index (χ1) is 12.7. The molecule has 1 aromatic rings. The van der Waals surface area contributed by atoms with Crippen LogP contribution in [0, 0.1) is 11.8 Å². The molecule has 1 unspecified atom stereocenters. The monoisotopic (exact) mass is 349 g/mol. The lowest BCUT2D eigenvalue weighted by atomic mass is 9.53. The summed E-state index contributed by atoms with van der Waals surface area (Å²) >= 11 is 0. The van der Waals surface area contributed by atoms with E-state index in [0.717, 1.165) is 30.9 Å². The molecule has 5 heteroatoms. The van der Waals surface area contributed by atoms with E-state index in [1.54, 1.807) is 5.57 Å². The summed E-state index contributed by atoms with van der Waals surface area (Å²) in [5.41, 5.74) is 11.0. The molecule has 1 aliphatic carbocycles. The molecular weight excluding hydrogens is 326 g/mol. The highest BCUT2D eigenvalue weighted by atomic mass is 16.5. The zero-order valence-electron chi connectivity index (χ0n) is 14.7. The molecule has 2 bridgehead atoms. The Hall–Kier alpha value is -1.85. The van der Waals surface area contributed by atoms with Gasteiger partial charge in [0.15, 0.2) is 0 Å². The Morgan fingerprint density at radius 3 is 3.15 bits per heavy atom. The molecular formula is C21H23N3O2. The van der Waals surface area contributed by atoms with Crippen LogP contribution in [0.1, 0.15) is 24.8 Å². The number of anilines is 2. The highest BCUT2D eigenvalue weighted by Gasteiger charge is 2.70. The van der Waals surface area contributed by atoms with Gasteiger partial charge in [-0.25, -0.2) is 0 Å². The minimum atomic E-state index is 0.0672. The number of fused-ring (bicyclic) bond motifs is 2. The Balaban J connectivity index is 1.55. The van der Waals surface area contributed by atoms with Crippen molar-refractivity contribution in [2.75, 3.05) is 30.3 Å². The first-order valence-electron chi connectivity index (χ1n) is 9.95. The standard InChI is InChI=1S/C21H23N3O2/c22-12-1-2-14-15(7-12)24-18(25)9-16-19-13-8-17-21(14,20(19)24)4-5-23(17)10-11(13)3-6-26-16/h1-3,7,13,16-17,19-20H,4-6,8-10,22H2/t13-,16-,17-,19-,20-,21?/m0/s1. The van der Waals surface area contributed by atoms with Crippen LogP contribution in [0.5, 0.6) is 0 Å². The molecule has 1 aromatic carbocycles. The molecule has 134 valence electrons. The molecule has 5 heterocycles. The van der Waals surface area contributed by atoms with Crippen molar-refractivity contribution in [3.05, 3.63) is 35.4 Å². The smallest absolute Gasteiger partial charge is 0.229 e. The Labute approximate surface area is 152 Å². The Morgan fingerprint density at radius 2 is 2.23 bits per heavy atom. The van der Waals surface area contributed by atoms with E-state index >= 15 is 0 Å². The third-order valence-corrected chi connectivity index (χ3v) is 8.33. The second kappa shape index (κ2) is 4.34. The van der Waals surface area contributed by atoms with Gasteiger partial charge >= 0.3 is 0 Å². The second-order valence-electron chi connectivity index (χ2n) is 9.04. The van der Waals surface area contributed by atoms with Crippen LogP contribution in [0.4, 0.5) is 11.4 Å². The van der Waals surface area contributed by atoms with E-state index < -0.39 is 0 Å². The SMILES string of the molecule is Nc1ccc2c(c1)N1C(=O)C[C@@H]3OCC=C4CN5CCC26[C@@H]5C[C@@H]4[C@@H]3[C@H]16. The number of nitrogens with zero attached hydrogens (tertiary/aromatic N) is 2. The van der Waals surface area contributed by atoms with Gasteiger partial charge in [-0.1, -0.05) is 17.7 Å². The number of amides is 1. The van der Waals surface area contributed by atoms with Gasteiger partial charge in [0.05, 0.1) is 25.2 Å². The molecule has 3 saturated heterocycles. The quantitative estimate of drug-likeness (QED) is 0.572. The van der Waals surface area contributed by atoms with Gasteiger partial charge in [0, 0.05) is 35.3 Å². The third-order valence-electron chi connectivity index (χ3n) is 8.33. The summed E-state index contributed by atoms with van der Waals surface area (Å²) in [6.45, 7) is 2.89. The molecule has 0 aromatic heterocycles. The van der Waals surface area contributed by atoms with Crippen LogP contribution >= 0.6 is 0 Å². The summed E-state index contributed by atoms with van der Waals surface area (Å²) in [5, 5.41) is 0. The van der Waals surface area contributed by atoms with Gasteiger partial charge < -0.3 is 15.4 Å². The average Bonchev–Trinajstić information content (AvgIpc) is 3.08. The molecule has 26 heavy (non-hydrogen) atoms. The van der Waals surface area contributed by atoms with Crippen LogP contribution in [0.3, 0.4) is 0 Å². The van der Waals surface area contributed by atoms with E-state index in [2.05, 4.69) is 21.9 Å². The minimum absolute atomic E-state index is 0.0672. The normalized spacial score (nSPS) is 44.6. The van der Waals surface area contributed by atoms with E-state index in [0.29, 0.717) is 30.9 Å². The molecule has 4 fully saturated rings. The first kappa shape index (κ1) is 14.2. The van der Waals surface area contributed by atoms with Crippen molar-refractivity contribution in [2.45, 2.75) is 42.9 Å². The summed E-state index contributed by atoms with van der Waals surface area (Å²) in [7, 11) is 0. The van der Waals surface area contributed by atoms with Crippen molar-refractivity contribution in [1.29, 1.82) is 0 Å². The zero-order chi connectivity index (χ0) is 17.2. The van der Waals surface area contributed by atoms with Crippen molar-refractivity contribution in [3.8, 4) is 0 Å². The highest BCUT2D eigenvalue weighted by Crippen LogP contribution is 2.65. The van der Waals surface area contributed by atoms with Gasteiger partial charge in [-0.15, -0.1) is 0 Å². The number of hydrogen-bond donors (Lipinski definition) is 1. The first-order valence-corrected chi connectivity index (χ1v) is 9.95. The average molecular weight is 349 g/mol. The number of ether oxygens (including phenoxy) is 1. The van der Waals surface area contributed by atoms with Gasteiger partial charge in [-0.05, 0) is 43.0 Å². The summed E-state index contributed by atoms with van der Waals surface area (Å²) in [5.74, 6) is 1.22. The number of nitrogens with two attached hydrogens (primary N) is 1. The molecule has 6 atom stereocenters. The number of rotatable bonds is 0. The fourth-order valence-corrected chi connectivity index (χ4v) is 7.57. The van der Waals surface area contributed by atoms with Gasteiger partial charge in [0.2, 0.25) is 5.91 Å². The number of piperidine rings is 2. The number of carbonyl (C=O) groups excluding carboxylic acids is 1. The van der Waals surface area contributed by atoms with Gasteiger partial charge in [-0.2, -0.15) is 0 Å². The van der Waals surface area contributed by atoms with Gasteiger partial charge in [-0.3, -0.25) is 9.69 Å². The predicted octanol–water partition coefficient (Wildman–Crippen LogP) is 1.67. The molecule has 1 spiro atoms. The topological polar surface area (TPSA) is 58.8 Å². The maximum Gasteiger partial charge on any atom is 0.229 e. The Kier molecular flexibility index (Phi) is 2.38. The predicted molar refractivity (Wildman–Crippen MR) is 97.8 cm³/mol. The Morgan fingerprint density at radius 1 is 1.31 bits per heavy atom. The summed E-state index contributed by atoms with van der Waals surface area (Å²) in [6, 6.07) is 7.07. The number of benzene rings is 1. The summed E-state index contributed by atoms with van der Waals surface area (Å²) in [4.78, 5) is 18.1. The lowest BCUT2D eigenvalue weighted by molar-refractivity contribution is -0.132. The minimum Gasteiger partial charge on any atom is -0.399 e. The lowest BCUT2D eigenvalue weighted by Gasteiger charge is -2.58. The van der Waals surface area contributed by atoms with Crippen LogP contribution in [0.25, 0.3) is 0 Å².